The van der Waals surface area contributed by atoms with Gasteiger partial charge in [0.15, 0.2) is 6.10 Å². The fourth-order valence-electron chi connectivity index (χ4n) is 10.0. The molecule has 6 heteroatoms. The normalized spacial score (nSPS) is 12.2. The molecule has 0 aliphatic heterocycles. The summed E-state index contributed by atoms with van der Waals surface area (Å²) in [5.74, 6) is -0.879. The highest BCUT2D eigenvalue weighted by Gasteiger charge is 2.19. The molecule has 75 heavy (non-hydrogen) atoms. The van der Waals surface area contributed by atoms with Gasteiger partial charge in [-0.15, -0.1) is 0 Å². The molecule has 0 atom stereocenters. The second-order valence-electron chi connectivity index (χ2n) is 22.7. The van der Waals surface area contributed by atoms with Gasteiger partial charge in [0.2, 0.25) is 0 Å². The Morgan fingerprint density at radius 3 is 0.667 bits per heavy atom. The molecule has 0 aromatic heterocycles. The van der Waals surface area contributed by atoms with E-state index in [1.54, 1.807) is 0 Å². The fraction of sp³-hybridized carbons (Fsp3) is 0.870. The van der Waals surface area contributed by atoms with Crippen molar-refractivity contribution < 1.29 is 28.6 Å². The number of esters is 3. The summed E-state index contributed by atoms with van der Waals surface area (Å²) < 4.78 is 17.0. The molecule has 0 bridgehead atoms. The summed E-state index contributed by atoms with van der Waals surface area (Å²) in [5.41, 5.74) is 0. The minimum atomic E-state index is -0.783. The first-order valence-electron chi connectivity index (χ1n) is 33.5. The molecule has 0 aromatic rings. The van der Waals surface area contributed by atoms with Crippen LogP contribution in [-0.2, 0) is 28.6 Å². The van der Waals surface area contributed by atoms with Crippen molar-refractivity contribution in [3.05, 3.63) is 36.5 Å². The molecule has 0 spiro atoms. The van der Waals surface area contributed by atoms with Crippen molar-refractivity contribution >= 4 is 17.9 Å². The number of allylic oxidation sites excluding steroid dienone is 6. The third-order valence-corrected chi connectivity index (χ3v) is 15.1. The number of unbranched alkanes of at least 4 members (excludes halogenated alkanes) is 45. The Morgan fingerprint density at radius 1 is 0.253 bits per heavy atom. The lowest BCUT2D eigenvalue weighted by atomic mass is 10.1. The van der Waals surface area contributed by atoms with E-state index in [2.05, 4.69) is 57.2 Å². The molecule has 0 aliphatic carbocycles. The zero-order chi connectivity index (χ0) is 54.3. The van der Waals surface area contributed by atoms with Gasteiger partial charge >= 0.3 is 17.9 Å². The van der Waals surface area contributed by atoms with E-state index in [4.69, 9.17) is 14.2 Å². The minimum absolute atomic E-state index is 0.0796. The van der Waals surface area contributed by atoms with Gasteiger partial charge in [0, 0.05) is 19.3 Å². The topological polar surface area (TPSA) is 78.9 Å². The summed E-state index contributed by atoms with van der Waals surface area (Å²) in [4.78, 5) is 38.4. The second-order valence-corrected chi connectivity index (χ2v) is 22.7. The Balaban J connectivity index is 4.37. The van der Waals surface area contributed by atoms with Gasteiger partial charge < -0.3 is 14.2 Å². The van der Waals surface area contributed by atoms with Crippen molar-refractivity contribution in [3.8, 4) is 0 Å². The predicted molar refractivity (Wildman–Crippen MR) is 326 cm³/mol. The maximum absolute atomic E-state index is 12.9. The Hall–Kier alpha value is -2.37. The lowest BCUT2D eigenvalue weighted by molar-refractivity contribution is -0.167. The van der Waals surface area contributed by atoms with Crippen molar-refractivity contribution in [2.45, 2.75) is 374 Å². The van der Waals surface area contributed by atoms with Crippen molar-refractivity contribution in [2.24, 2.45) is 0 Å². The van der Waals surface area contributed by atoms with Crippen LogP contribution in [0.4, 0.5) is 0 Å². The van der Waals surface area contributed by atoms with Crippen LogP contribution in [0, 0.1) is 0 Å². The van der Waals surface area contributed by atoms with Gasteiger partial charge in [0.25, 0.3) is 0 Å². The lowest BCUT2D eigenvalue weighted by Gasteiger charge is -2.18. The number of hydrogen-bond donors (Lipinski definition) is 0. The SMILES string of the molecule is CCCCCCCCCCCCC=CCCCCCCCC(=O)OCC(COC(=O)CCCCCCCC=CCCCCCCCCCCCC)OC(=O)CCCCCCCC=CCCCCCCCCCCCC. The molecule has 0 saturated carbocycles. The quantitative estimate of drug-likeness (QED) is 0.0261. The number of rotatable bonds is 62. The van der Waals surface area contributed by atoms with Crippen LogP contribution in [0.1, 0.15) is 367 Å². The van der Waals surface area contributed by atoms with E-state index in [-0.39, 0.29) is 31.1 Å². The minimum Gasteiger partial charge on any atom is -0.462 e. The molecule has 0 unspecified atom stereocenters. The monoisotopic (exact) mass is 1050 g/mol. The van der Waals surface area contributed by atoms with Gasteiger partial charge in [0.1, 0.15) is 13.2 Å². The molecule has 0 rings (SSSR count). The van der Waals surface area contributed by atoms with Crippen LogP contribution in [0.3, 0.4) is 0 Å². The molecular formula is C69H128O6. The maximum atomic E-state index is 12.9. The van der Waals surface area contributed by atoms with Crippen LogP contribution < -0.4 is 0 Å². The largest absolute Gasteiger partial charge is 0.462 e. The molecule has 0 aromatic carbocycles. The highest BCUT2D eigenvalue weighted by atomic mass is 16.6. The lowest BCUT2D eigenvalue weighted by Crippen LogP contribution is -2.30. The van der Waals surface area contributed by atoms with E-state index < -0.39 is 6.10 Å². The average molecular weight is 1050 g/mol. The van der Waals surface area contributed by atoms with Crippen molar-refractivity contribution in [1.82, 2.24) is 0 Å². The highest BCUT2D eigenvalue weighted by molar-refractivity contribution is 5.71. The standard InChI is InChI=1S/C69H128O6/c1-4-7-10-13-16-19-22-25-28-31-34-37-40-43-46-49-52-55-58-61-67(70)73-64-66(75-69(72)63-60-57-54-51-48-45-42-39-36-33-30-27-24-21-18-15-12-9-6-3)65-74-68(71)62-59-56-53-50-47-44-41-38-35-32-29-26-23-20-17-14-11-8-5-2/h37-42,66H,4-36,43-65H2,1-3H3. The van der Waals surface area contributed by atoms with Crippen molar-refractivity contribution in [1.29, 1.82) is 0 Å². The van der Waals surface area contributed by atoms with Gasteiger partial charge in [-0.3, -0.25) is 14.4 Å². The number of ether oxygens (including phenoxy) is 3. The van der Waals surface area contributed by atoms with E-state index in [1.165, 1.54) is 250 Å². The molecule has 440 valence electrons. The zero-order valence-electron chi connectivity index (χ0n) is 50.6. The molecule has 0 aliphatic rings. The Bertz CT molecular complexity index is 1190. The summed E-state index contributed by atoms with van der Waals surface area (Å²) in [6.45, 7) is 6.69. The van der Waals surface area contributed by atoms with Gasteiger partial charge in [-0.2, -0.15) is 0 Å². The van der Waals surface area contributed by atoms with E-state index in [0.717, 1.165) is 77.0 Å². The summed E-state index contributed by atoms with van der Waals surface area (Å²) in [7, 11) is 0. The van der Waals surface area contributed by atoms with Gasteiger partial charge in [-0.1, -0.05) is 288 Å². The van der Waals surface area contributed by atoms with Crippen molar-refractivity contribution in [2.75, 3.05) is 13.2 Å². The van der Waals surface area contributed by atoms with Gasteiger partial charge in [0.05, 0.1) is 0 Å². The van der Waals surface area contributed by atoms with E-state index in [9.17, 15) is 14.4 Å². The highest BCUT2D eigenvalue weighted by Crippen LogP contribution is 2.17. The smallest absolute Gasteiger partial charge is 0.306 e. The van der Waals surface area contributed by atoms with Gasteiger partial charge in [-0.25, -0.2) is 0 Å². The predicted octanol–water partition coefficient (Wildman–Crippen LogP) is 22.8. The van der Waals surface area contributed by atoms with Crippen molar-refractivity contribution in [3.63, 3.8) is 0 Å². The summed E-state index contributed by atoms with van der Waals surface area (Å²) >= 11 is 0. The van der Waals surface area contributed by atoms with Crippen LogP contribution in [0.25, 0.3) is 0 Å². The van der Waals surface area contributed by atoms with Crippen LogP contribution >= 0.6 is 0 Å². The Morgan fingerprint density at radius 2 is 0.440 bits per heavy atom. The van der Waals surface area contributed by atoms with E-state index >= 15 is 0 Å². The first kappa shape index (κ1) is 72.6. The average Bonchev–Trinajstić information content (AvgIpc) is 3.41. The molecule has 0 saturated heterocycles. The number of hydrogen-bond acceptors (Lipinski definition) is 6. The molecule has 0 fully saturated rings. The molecule has 0 heterocycles. The summed E-state index contributed by atoms with van der Waals surface area (Å²) in [5, 5.41) is 0. The first-order chi connectivity index (χ1) is 37.0. The summed E-state index contributed by atoms with van der Waals surface area (Å²) in [6.07, 6.45) is 78.7. The molecule has 0 amide bonds. The first-order valence-corrected chi connectivity index (χ1v) is 33.5. The van der Waals surface area contributed by atoms with Crippen LogP contribution in [0.5, 0.6) is 0 Å². The van der Waals surface area contributed by atoms with E-state index in [1.807, 2.05) is 0 Å². The van der Waals surface area contributed by atoms with Crippen LogP contribution in [0.2, 0.25) is 0 Å². The van der Waals surface area contributed by atoms with Crippen LogP contribution in [-0.4, -0.2) is 37.2 Å². The number of carbonyl (C=O) groups is 3. The summed E-state index contributed by atoms with van der Waals surface area (Å²) in [6, 6.07) is 0. The molecular weight excluding hydrogens is 925 g/mol. The Kier molecular flexibility index (Phi) is 62.1. The third kappa shape index (κ3) is 62.4. The molecule has 0 radical (unpaired) electrons. The maximum Gasteiger partial charge on any atom is 0.306 e. The van der Waals surface area contributed by atoms with E-state index in [0.29, 0.717) is 19.3 Å². The van der Waals surface area contributed by atoms with Crippen LogP contribution in [0.15, 0.2) is 36.5 Å². The molecule has 6 nitrogen and oxygen atoms in total. The third-order valence-electron chi connectivity index (χ3n) is 15.1. The van der Waals surface area contributed by atoms with Gasteiger partial charge in [-0.05, 0) is 96.3 Å². The number of carbonyl (C=O) groups excluding carboxylic acids is 3. The molecule has 0 N–H and O–H groups in total. The Labute approximate surface area is 467 Å². The second kappa shape index (κ2) is 64.2. The fourth-order valence-corrected chi connectivity index (χ4v) is 10.0. The zero-order valence-corrected chi connectivity index (χ0v) is 50.6.